The van der Waals surface area contributed by atoms with Crippen LogP contribution in [0.1, 0.15) is 16.7 Å². The molecule has 0 bridgehead atoms. The number of carbonyl (C=O) groups excluding carboxylic acids is 1. The maximum Gasteiger partial charge on any atom is 0.363 e. The number of carbonyl (C=O) groups is 1. The van der Waals surface area contributed by atoms with Gasteiger partial charge in [0.05, 0.1) is 0 Å². The largest absolute Gasteiger partial charge is 0.403 e. The van der Waals surface area contributed by atoms with Crippen LogP contribution in [0.5, 0.6) is 0 Å². The predicted molar refractivity (Wildman–Crippen MR) is 97.3 cm³/mol. The maximum absolute atomic E-state index is 11.8. The van der Waals surface area contributed by atoms with Crippen LogP contribution in [0.3, 0.4) is 0 Å². The zero-order chi connectivity index (χ0) is 16.8. The first-order valence-electron chi connectivity index (χ1n) is 7.70. The van der Waals surface area contributed by atoms with E-state index in [2.05, 4.69) is 4.99 Å². The Hall–Kier alpha value is -3.20. The molecule has 0 aromatic heterocycles. The number of hydrogen-bond acceptors (Lipinski definition) is 3. The van der Waals surface area contributed by atoms with Crippen LogP contribution in [-0.4, -0.2) is 11.9 Å². The highest BCUT2D eigenvalue weighted by atomic mass is 16.6. The van der Waals surface area contributed by atoms with Crippen LogP contribution in [0.2, 0.25) is 0 Å². The van der Waals surface area contributed by atoms with Crippen molar-refractivity contribution in [3.8, 4) is 0 Å². The Labute approximate surface area is 141 Å². The lowest BCUT2D eigenvalue weighted by Crippen LogP contribution is -2.00. The van der Waals surface area contributed by atoms with Crippen molar-refractivity contribution < 1.29 is 9.53 Å². The maximum atomic E-state index is 11.8. The molecule has 0 saturated carbocycles. The van der Waals surface area contributed by atoms with Gasteiger partial charge in [0, 0.05) is 6.08 Å². The fourth-order valence-electron chi connectivity index (χ4n) is 2.17. The van der Waals surface area contributed by atoms with E-state index < -0.39 is 5.97 Å². The summed E-state index contributed by atoms with van der Waals surface area (Å²) in [6.45, 7) is 2.04. The molecule has 2 aromatic carbocycles. The van der Waals surface area contributed by atoms with Gasteiger partial charge in [-0.05, 0) is 30.2 Å². The van der Waals surface area contributed by atoms with Gasteiger partial charge in [0.1, 0.15) is 0 Å². The van der Waals surface area contributed by atoms with Crippen LogP contribution in [0, 0.1) is 6.92 Å². The average Bonchev–Trinajstić information content (AvgIpc) is 2.95. The zero-order valence-corrected chi connectivity index (χ0v) is 13.3. The fraction of sp³-hybridized carbons (Fsp3) is 0.0476. The van der Waals surface area contributed by atoms with Crippen molar-refractivity contribution in [2.24, 2.45) is 4.99 Å². The normalized spacial score (nSPS) is 16.1. The second kappa shape index (κ2) is 7.38. The molecular formula is C21H17NO2. The van der Waals surface area contributed by atoms with Gasteiger partial charge in [0.15, 0.2) is 5.70 Å². The quantitative estimate of drug-likeness (QED) is 0.613. The van der Waals surface area contributed by atoms with Gasteiger partial charge in [-0.25, -0.2) is 9.79 Å². The molecule has 2 aromatic rings. The van der Waals surface area contributed by atoms with Crippen molar-refractivity contribution in [2.75, 3.05) is 0 Å². The van der Waals surface area contributed by atoms with Crippen LogP contribution < -0.4 is 0 Å². The summed E-state index contributed by atoms with van der Waals surface area (Å²) in [5.74, 6) is -0.129. The van der Waals surface area contributed by atoms with Crippen LogP contribution >= 0.6 is 0 Å². The first kappa shape index (κ1) is 15.7. The minimum atomic E-state index is -0.434. The third-order valence-corrected chi connectivity index (χ3v) is 3.48. The number of aryl methyl sites for hydroxylation is 1. The SMILES string of the molecule is Cc1ccc(/C=C/C2=NC(=CC=Cc3ccccc3)C(=O)O2)cc1. The lowest BCUT2D eigenvalue weighted by atomic mass is 10.1. The Morgan fingerprint density at radius 1 is 0.875 bits per heavy atom. The van der Waals surface area contributed by atoms with Crippen LogP contribution in [0.25, 0.3) is 12.2 Å². The summed E-state index contributed by atoms with van der Waals surface area (Å²) in [4.78, 5) is 16.0. The van der Waals surface area contributed by atoms with Crippen LogP contribution in [0.4, 0.5) is 0 Å². The van der Waals surface area contributed by atoms with Gasteiger partial charge in [-0.2, -0.15) is 0 Å². The summed E-state index contributed by atoms with van der Waals surface area (Å²) in [6.07, 6.45) is 8.93. The van der Waals surface area contributed by atoms with Gasteiger partial charge < -0.3 is 4.74 Å². The molecule has 0 atom stereocenters. The summed E-state index contributed by atoms with van der Waals surface area (Å²) in [5, 5.41) is 0. The molecule has 0 amide bonds. The Bertz CT molecular complexity index is 841. The second-order valence-electron chi connectivity index (χ2n) is 5.41. The van der Waals surface area contributed by atoms with E-state index in [0.29, 0.717) is 11.6 Å². The van der Waals surface area contributed by atoms with Crippen molar-refractivity contribution in [1.29, 1.82) is 0 Å². The molecule has 0 radical (unpaired) electrons. The van der Waals surface area contributed by atoms with E-state index in [4.69, 9.17) is 4.74 Å². The Kier molecular flexibility index (Phi) is 4.82. The van der Waals surface area contributed by atoms with E-state index in [-0.39, 0.29) is 0 Å². The number of rotatable bonds is 4. The summed E-state index contributed by atoms with van der Waals surface area (Å²) >= 11 is 0. The smallest absolute Gasteiger partial charge is 0.363 e. The number of cyclic esters (lactones) is 1. The van der Waals surface area contributed by atoms with E-state index in [0.717, 1.165) is 11.1 Å². The Balaban J connectivity index is 1.69. The molecule has 0 unspecified atom stereocenters. The highest BCUT2D eigenvalue weighted by molar-refractivity contribution is 6.09. The highest BCUT2D eigenvalue weighted by Gasteiger charge is 2.20. The number of allylic oxidation sites excluding steroid dienone is 2. The molecule has 3 nitrogen and oxygen atoms in total. The van der Waals surface area contributed by atoms with E-state index in [9.17, 15) is 4.79 Å². The first-order chi connectivity index (χ1) is 11.7. The molecule has 3 heteroatoms. The van der Waals surface area contributed by atoms with Crippen molar-refractivity contribution in [3.63, 3.8) is 0 Å². The van der Waals surface area contributed by atoms with Gasteiger partial charge in [0.25, 0.3) is 0 Å². The van der Waals surface area contributed by atoms with Crippen LogP contribution in [-0.2, 0) is 9.53 Å². The van der Waals surface area contributed by atoms with E-state index >= 15 is 0 Å². The molecule has 0 fully saturated rings. The number of esters is 1. The van der Waals surface area contributed by atoms with Crippen LogP contribution in [0.15, 0.2) is 83.5 Å². The molecular weight excluding hydrogens is 298 g/mol. The van der Waals surface area contributed by atoms with Crippen molar-refractivity contribution in [2.45, 2.75) is 6.92 Å². The standard InChI is InChI=1S/C21H17NO2/c1-16-10-12-18(13-11-16)14-15-20-22-19(21(23)24-20)9-5-8-17-6-3-2-4-7-17/h2-15H,1H3/b8-5?,15-14+,19-9?. The number of nitrogens with zero attached hydrogens (tertiary/aromatic N) is 1. The average molecular weight is 315 g/mol. The highest BCUT2D eigenvalue weighted by Crippen LogP contribution is 2.14. The van der Waals surface area contributed by atoms with Gasteiger partial charge in [-0.3, -0.25) is 0 Å². The molecule has 0 aliphatic carbocycles. The summed E-state index contributed by atoms with van der Waals surface area (Å²) in [6, 6.07) is 17.9. The molecule has 1 aliphatic rings. The van der Waals surface area contributed by atoms with E-state index in [1.807, 2.05) is 73.7 Å². The first-order valence-corrected chi connectivity index (χ1v) is 7.70. The van der Waals surface area contributed by atoms with Gasteiger partial charge >= 0.3 is 5.97 Å². The number of hydrogen-bond donors (Lipinski definition) is 0. The summed E-state index contributed by atoms with van der Waals surface area (Å²) in [7, 11) is 0. The van der Waals surface area contributed by atoms with Crippen molar-refractivity contribution in [3.05, 3.63) is 95.2 Å². The summed E-state index contributed by atoms with van der Waals surface area (Å²) < 4.78 is 5.14. The number of ether oxygens (including phenoxy) is 1. The Morgan fingerprint density at radius 2 is 1.58 bits per heavy atom. The molecule has 0 saturated heterocycles. The third kappa shape index (κ3) is 4.17. The topological polar surface area (TPSA) is 38.7 Å². The molecule has 1 aliphatic heterocycles. The lowest BCUT2D eigenvalue weighted by molar-refractivity contribution is -0.129. The fourth-order valence-corrected chi connectivity index (χ4v) is 2.17. The molecule has 0 N–H and O–H groups in total. The lowest BCUT2D eigenvalue weighted by Gasteiger charge is -1.94. The Morgan fingerprint density at radius 3 is 2.33 bits per heavy atom. The molecule has 24 heavy (non-hydrogen) atoms. The van der Waals surface area contributed by atoms with Gasteiger partial charge in [-0.15, -0.1) is 0 Å². The zero-order valence-electron chi connectivity index (χ0n) is 13.3. The van der Waals surface area contributed by atoms with E-state index in [1.165, 1.54) is 5.56 Å². The second-order valence-corrected chi connectivity index (χ2v) is 5.41. The van der Waals surface area contributed by atoms with Gasteiger partial charge in [-0.1, -0.05) is 72.3 Å². The molecule has 1 heterocycles. The molecule has 118 valence electrons. The minimum absolute atomic E-state index is 0.297. The monoisotopic (exact) mass is 315 g/mol. The summed E-state index contributed by atoms with van der Waals surface area (Å²) in [5.41, 5.74) is 3.59. The predicted octanol–water partition coefficient (Wildman–Crippen LogP) is 4.56. The number of aliphatic imine (C=N–C) groups is 1. The van der Waals surface area contributed by atoms with Crippen molar-refractivity contribution >= 4 is 24.0 Å². The van der Waals surface area contributed by atoms with E-state index in [1.54, 1.807) is 18.2 Å². The number of benzene rings is 2. The molecule has 0 spiro atoms. The third-order valence-electron chi connectivity index (χ3n) is 3.48. The van der Waals surface area contributed by atoms with Gasteiger partial charge in [0.2, 0.25) is 5.90 Å². The van der Waals surface area contributed by atoms with Crippen molar-refractivity contribution in [1.82, 2.24) is 0 Å². The minimum Gasteiger partial charge on any atom is -0.403 e. The molecule has 3 rings (SSSR count).